The van der Waals surface area contributed by atoms with Gasteiger partial charge in [0.25, 0.3) is 0 Å². The van der Waals surface area contributed by atoms with Gasteiger partial charge in [-0.3, -0.25) is 9.59 Å². The third-order valence-corrected chi connectivity index (χ3v) is 4.82. The largest absolute Gasteiger partial charge is 0.416 e. The zero-order valence-corrected chi connectivity index (χ0v) is 14.2. The van der Waals surface area contributed by atoms with Crippen molar-refractivity contribution in [3.05, 3.63) is 23.8 Å². The van der Waals surface area contributed by atoms with Gasteiger partial charge in [0, 0.05) is 17.9 Å². The minimum atomic E-state index is -4.46. The normalized spacial score (nSPS) is 17.4. The Bertz CT molecular complexity index is 632. The smallest absolute Gasteiger partial charge is 0.356 e. The average Bonchev–Trinajstić information content (AvgIpc) is 2.46. The van der Waals surface area contributed by atoms with Gasteiger partial charge in [0.1, 0.15) is 0 Å². The van der Waals surface area contributed by atoms with Crippen molar-refractivity contribution in [2.45, 2.75) is 43.0 Å². The summed E-state index contributed by atoms with van der Waals surface area (Å²) in [5.74, 6) is -0.225. The minimum Gasteiger partial charge on any atom is -0.356 e. The van der Waals surface area contributed by atoms with E-state index < -0.39 is 22.9 Å². The second-order valence-corrected chi connectivity index (χ2v) is 7.29. The minimum absolute atomic E-state index is 0.00490. The van der Waals surface area contributed by atoms with Gasteiger partial charge in [0.15, 0.2) is 0 Å². The standard InChI is InChI=1S/C16H19F3N2O2S/c1-9(2)5-6-20-14(22)8-13-15(23)21-11-7-10(16(17,18)19)3-4-12(11)24-13/h3-4,7,9,13H,5-6,8H2,1-2H3,(H,20,22)(H,21,23)/t13-/m1/s1. The number of halogens is 3. The number of hydrogen-bond donors (Lipinski definition) is 2. The number of amides is 2. The molecule has 8 heteroatoms. The molecule has 1 aliphatic rings. The van der Waals surface area contributed by atoms with Gasteiger partial charge in [-0.2, -0.15) is 13.2 Å². The van der Waals surface area contributed by atoms with E-state index in [1.807, 2.05) is 13.8 Å². The molecule has 132 valence electrons. The molecule has 1 atom stereocenters. The Kier molecular flexibility index (Phi) is 5.79. The lowest BCUT2D eigenvalue weighted by Crippen LogP contribution is -2.35. The van der Waals surface area contributed by atoms with Crippen LogP contribution in [0, 0.1) is 5.92 Å². The molecule has 2 N–H and O–H groups in total. The highest BCUT2D eigenvalue weighted by atomic mass is 32.2. The summed E-state index contributed by atoms with van der Waals surface area (Å²) in [6.45, 7) is 4.63. The van der Waals surface area contributed by atoms with Crippen LogP contribution in [0.25, 0.3) is 0 Å². The van der Waals surface area contributed by atoms with E-state index in [0.717, 1.165) is 30.3 Å². The molecular weight excluding hydrogens is 341 g/mol. The molecule has 1 heterocycles. The molecule has 4 nitrogen and oxygen atoms in total. The lowest BCUT2D eigenvalue weighted by molar-refractivity contribution is -0.137. The number of anilines is 1. The van der Waals surface area contributed by atoms with Gasteiger partial charge in [-0.25, -0.2) is 0 Å². The predicted octanol–water partition coefficient (Wildman–Crippen LogP) is 3.67. The number of nitrogens with one attached hydrogen (secondary N) is 2. The van der Waals surface area contributed by atoms with Crippen LogP contribution < -0.4 is 10.6 Å². The summed E-state index contributed by atoms with van der Waals surface area (Å²) in [6, 6.07) is 3.22. The van der Waals surface area contributed by atoms with Crippen molar-refractivity contribution in [1.29, 1.82) is 0 Å². The molecule has 0 unspecified atom stereocenters. The molecule has 1 aromatic rings. The molecule has 0 fully saturated rings. The van der Waals surface area contributed by atoms with Gasteiger partial charge in [0.05, 0.1) is 16.5 Å². The average molecular weight is 360 g/mol. The Morgan fingerprint density at radius 2 is 2.08 bits per heavy atom. The lowest BCUT2D eigenvalue weighted by atomic mass is 10.1. The van der Waals surface area contributed by atoms with Gasteiger partial charge >= 0.3 is 6.18 Å². The highest BCUT2D eigenvalue weighted by Crippen LogP contribution is 2.40. The van der Waals surface area contributed by atoms with Crippen LogP contribution in [-0.4, -0.2) is 23.6 Å². The Labute approximate surface area is 142 Å². The third-order valence-electron chi connectivity index (χ3n) is 3.54. The number of thioether (sulfide) groups is 1. The third kappa shape index (κ3) is 4.90. The van der Waals surface area contributed by atoms with E-state index in [-0.39, 0.29) is 18.0 Å². The Balaban J connectivity index is 1.99. The first-order valence-electron chi connectivity index (χ1n) is 7.62. The number of benzene rings is 1. The summed E-state index contributed by atoms with van der Waals surface area (Å²) in [4.78, 5) is 24.5. The van der Waals surface area contributed by atoms with Crippen LogP contribution in [-0.2, 0) is 15.8 Å². The second kappa shape index (κ2) is 7.46. The van der Waals surface area contributed by atoms with Crippen LogP contribution in [0.5, 0.6) is 0 Å². The van der Waals surface area contributed by atoms with Crippen LogP contribution in [0.2, 0.25) is 0 Å². The van der Waals surface area contributed by atoms with Crippen molar-refractivity contribution in [3.63, 3.8) is 0 Å². The first-order chi connectivity index (χ1) is 11.2. The quantitative estimate of drug-likeness (QED) is 0.842. The zero-order valence-electron chi connectivity index (χ0n) is 13.4. The summed E-state index contributed by atoms with van der Waals surface area (Å²) in [5, 5.41) is 4.57. The van der Waals surface area contributed by atoms with Crippen molar-refractivity contribution in [1.82, 2.24) is 5.32 Å². The highest BCUT2D eigenvalue weighted by molar-refractivity contribution is 8.01. The highest BCUT2D eigenvalue weighted by Gasteiger charge is 2.34. The molecular formula is C16H19F3N2O2S. The SMILES string of the molecule is CC(C)CCNC(=O)C[C@H]1Sc2ccc(C(F)(F)F)cc2NC1=O. The van der Waals surface area contributed by atoms with Crippen molar-refractivity contribution in [3.8, 4) is 0 Å². The van der Waals surface area contributed by atoms with Crippen LogP contribution in [0.1, 0.15) is 32.3 Å². The van der Waals surface area contributed by atoms with E-state index >= 15 is 0 Å². The summed E-state index contributed by atoms with van der Waals surface area (Å²) in [6.07, 6.45) is -3.62. The molecule has 24 heavy (non-hydrogen) atoms. The molecule has 0 saturated heterocycles. The van der Waals surface area contributed by atoms with Crippen LogP contribution >= 0.6 is 11.8 Å². The fraction of sp³-hybridized carbons (Fsp3) is 0.500. The van der Waals surface area contributed by atoms with Gasteiger partial charge in [-0.15, -0.1) is 11.8 Å². The monoisotopic (exact) mass is 360 g/mol. The molecule has 0 spiro atoms. The van der Waals surface area contributed by atoms with E-state index in [1.165, 1.54) is 6.07 Å². The predicted molar refractivity (Wildman–Crippen MR) is 86.8 cm³/mol. The fourth-order valence-electron chi connectivity index (χ4n) is 2.20. The zero-order chi connectivity index (χ0) is 17.9. The van der Waals surface area contributed by atoms with Crippen LogP contribution in [0.15, 0.2) is 23.1 Å². The van der Waals surface area contributed by atoms with E-state index in [4.69, 9.17) is 0 Å². The summed E-state index contributed by atoms with van der Waals surface area (Å²) >= 11 is 1.11. The molecule has 0 aliphatic carbocycles. The maximum absolute atomic E-state index is 12.7. The number of alkyl halides is 3. The van der Waals surface area contributed by atoms with Crippen molar-refractivity contribution >= 4 is 29.3 Å². The van der Waals surface area contributed by atoms with Gasteiger partial charge in [-0.05, 0) is 30.5 Å². The summed E-state index contributed by atoms with van der Waals surface area (Å²) < 4.78 is 38.1. The summed E-state index contributed by atoms with van der Waals surface area (Å²) in [7, 11) is 0. The second-order valence-electron chi connectivity index (χ2n) is 6.04. The first kappa shape index (κ1) is 18.6. The maximum Gasteiger partial charge on any atom is 0.416 e. The number of fused-ring (bicyclic) bond motifs is 1. The molecule has 2 amide bonds. The number of carbonyl (C=O) groups is 2. The van der Waals surface area contributed by atoms with Gasteiger partial charge in [-0.1, -0.05) is 13.8 Å². The van der Waals surface area contributed by atoms with Crippen molar-refractivity contribution in [2.75, 3.05) is 11.9 Å². The molecule has 0 aromatic heterocycles. The van der Waals surface area contributed by atoms with E-state index in [9.17, 15) is 22.8 Å². The topological polar surface area (TPSA) is 58.2 Å². The van der Waals surface area contributed by atoms with Gasteiger partial charge < -0.3 is 10.6 Å². The van der Waals surface area contributed by atoms with E-state index in [1.54, 1.807) is 0 Å². The Morgan fingerprint density at radius 3 is 2.71 bits per heavy atom. The molecule has 2 rings (SSSR count). The molecule has 0 radical (unpaired) electrons. The molecule has 1 aliphatic heterocycles. The molecule has 1 aromatic carbocycles. The number of hydrogen-bond acceptors (Lipinski definition) is 3. The van der Waals surface area contributed by atoms with E-state index in [0.29, 0.717) is 17.4 Å². The van der Waals surface area contributed by atoms with E-state index in [2.05, 4.69) is 10.6 Å². The van der Waals surface area contributed by atoms with Gasteiger partial charge in [0.2, 0.25) is 11.8 Å². The molecule has 0 saturated carbocycles. The lowest BCUT2D eigenvalue weighted by Gasteiger charge is -2.24. The molecule has 0 bridgehead atoms. The van der Waals surface area contributed by atoms with Crippen molar-refractivity contribution < 1.29 is 22.8 Å². The Morgan fingerprint density at radius 1 is 1.38 bits per heavy atom. The number of carbonyl (C=O) groups excluding carboxylic acids is 2. The van der Waals surface area contributed by atoms with Crippen LogP contribution in [0.3, 0.4) is 0 Å². The van der Waals surface area contributed by atoms with Crippen molar-refractivity contribution in [2.24, 2.45) is 5.92 Å². The maximum atomic E-state index is 12.7. The summed E-state index contributed by atoms with van der Waals surface area (Å²) in [5.41, 5.74) is -0.677. The number of rotatable bonds is 5. The fourth-order valence-corrected chi connectivity index (χ4v) is 3.29. The Hall–Kier alpha value is -1.70. The van der Waals surface area contributed by atoms with Crippen LogP contribution in [0.4, 0.5) is 18.9 Å². The first-order valence-corrected chi connectivity index (χ1v) is 8.50.